The first-order chi connectivity index (χ1) is 6.00. The van der Waals surface area contributed by atoms with Gasteiger partial charge in [0.05, 0.1) is 0 Å². The molecule has 1 atom stereocenters. The molecule has 9 nitrogen and oxygen atoms in total. The highest BCUT2D eigenvalue weighted by atomic mass is 31.2. The van der Waals surface area contributed by atoms with Crippen LogP contribution in [-0.4, -0.2) is 33.2 Å². The number of hydrogen-bond acceptors (Lipinski definition) is 4. The lowest BCUT2D eigenvalue weighted by Crippen LogP contribution is -2.25. The normalized spacial score (nSPS) is 11.3. The molecular weight excluding hydrogens is 213 g/mol. The van der Waals surface area contributed by atoms with Crippen molar-refractivity contribution in [2.75, 3.05) is 6.54 Å². The molecule has 0 saturated carbocycles. The van der Waals surface area contributed by atoms with Gasteiger partial charge in [-0.25, -0.2) is 4.57 Å². The first-order valence-electron chi connectivity index (χ1n) is 3.34. The van der Waals surface area contributed by atoms with Crippen molar-refractivity contribution in [3.8, 4) is 0 Å². The van der Waals surface area contributed by atoms with Gasteiger partial charge in [0.2, 0.25) is 0 Å². The lowest BCUT2D eigenvalue weighted by Gasteiger charge is -1.92. The molecule has 0 amide bonds. The van der Waals surface area contributed by atoms with E-state index in [-0.39, 0.29) is 12.0 Å². The van der Waals surface area contributed by atoms with Gasteiger partial charge in [-0.3, -0.25) is 5.41 Å². The third kappa shape index (κ3) is 709. The number of rotatable bonds is 1. The first-order valence-corrected chi connectivity index (χ1v) is 4.90. The van der Waals surface area contributed by atoms with Crippen LogP contribution < -0.4 is 22.9 Å². The van der Waals surface area contributed by atoms with Crippen molar-refractivity contribution in [2.45, 2.75) is 13.0 Å². The van der Waals surface area contributed by atoms with Crippen molar-refractivity contribution in [3.63, 3.8) is 0 Å². The van der Waals surface area contributed by atoms with Gasteiger partial charge in [-0.1, -0.05) is 0 Å². The topological polar surface area (TPSA) is 206 Å². The zero-order valence-electron chi connectivity index (χ0n) is 7.79. The van der Waals surface area contributed by atoms with Crippen LogP contribution in [0.1, 0.15) is 6.92 Å². The van der Waals surface area contributed by atoms with Gasteiger partial charge in [0.15, 0.2) is 5.96 Å². The molecule has 0 aliphatic rings. The van der Waals surface area contributed by atoms with Gasteiger partial charge < -0.3 is 37.6 Å². The highest BCUT2D eigenvalue weighted by Gasteiger charge is 2.00. The molecule has 0 rings (SSSR count). The maximum atomic E-state index is 8.88. The average molecular weight is 231 g/mol. The van der Waals surface area contributed by atoms with Crippen molar-refractivity contribution in [3.05, 3.63) is 0 Å². The Kier molecular flexibility index (Phi) is 14.1. The molecule has 0 heterocycles. The maximum absolute atomic E-state index is 8.88. The van der Waals surface area contributed by atoms with E-state index in [0.29, 0.717) is 6.54 Å². The van der Waals surface area contributed by atoms with Crippen LogP contribution in [0.3, 0.4) is 0 Å². The molecule has 0 aromatic carbocycles. The third-order valence-electron chi connectivity index (χ3n) is 0.372. The monoisotopic (exact) mass is 231 g/mol. The number of guanidine groups is 1. The summed E-state index contributed by atoms with van der Waals surface area (Å²) < 4.78 is 8.88. The quantitative estimate of drug-likeness (QED) is 0.134. The van der Waals surface area contributed by atoms with Crippen LogP contribution in [0, 0.1) is 5.41 Å². The van der Waals surface area contributed by atoms with E-state index in [9.17, 15) is 0 Å². The van der Waals surface area contributed by atoms with Gasteiger partial charge in [-0.05, 0) is 6.92 Å². The van der Waals surface area contributed by atoms with Gasteiger partial charge in [0.25, 0.3) is 0 Å². The molecule has 0 aliphatic carbocycles. The van der Waals surface area contributed by atoms with Crippen molar-refractivity contribution >= 4 is 13.8 Å². The van der Waals surface area contributed by atoms with Crippen molar-refractivity contribution in [1.29, 1.82) is 5.41 Å². The summed E-state index contributed by atoms with van der Waals surface area (Å²) in [7, 11) is -4.64. The molecular formula is C4H18N5O4P. The largest absolute Gasteiger partial charge is 0.466 e. The zero-order valence-corrected chi connectivity index (χ0v) is 8.69. The summed E-state index contributed by atoms with van der Waals surface area (Å²) in [5, 5.41) is 6.06. The van der Waals surface area contributed by atoms with Crippen molar-refractivity contribution in [1.82, 2.24) is 0 Å². The fourth-order valence-electron chi connectivity index (χ4n) is 0. The second-order valence-corrected chi connectivity index (χ2v) is 3.21. The van der Waals surface area contributed by atoms with E-state index in [1.807, 2.05) is 6.92 Å². The molecule has 0 spiro atoms. The SMILES string of the molecule is CC(N)CN.N=C(N)N.O=P(O)(O)O. The van der Waals surface area contributed by atoms with Crippen LogP contribution in [0.5, 0.6) is 0 Å². The Labute approximate surface area is 81.8 Å². The highest BCUT2D eigenvalue weighted by molar-refractivity contribution is 7.45. The Hall–Kier alpha value is -0.700. The standard InChI is InChI=1S/C3H10N2.CH5N3.H3O4P/c1-3(5)2-4;2-1(3)4;1-5(2,3)4/h3H,2,4-5H2,1H3;(H5,2,3,4);(H3,1,2,3,4). The molecule has 0 aliphatic heterocycles. The summed E-state index contributed by atoms with van der Waals surface area (Å²) in [6, 6.07) is 0.162. The lowest BCUT2D eigenvalue weighted by atomic mass is 10.4. The fourth-order valence-corrected chi connectivity index (χ4v) is 0. The van der Waals surface area contributed by atoms with Gasteiger partial charge >= 0.3 is 7.82 Å². The van der Waals surface area contributed by atoms with Crippen molar-refractivity contribution in [2.24, 2.45) is 22.9 Å². The fraction of sp³-hybridized carbons (Fsp3) is 0.750. The minimum Gasteiger partial charge on any atom is -0.370 e. The number of nitrogens with one attached hydrogen (secondary N) is 1. The smallest absolute Gasteiger partial charge is 0.370 e. The highest BCUT2D eigenvalue weighted by Crippen LogP contribution is 2.25. The first kappa shape index (κ1) is 19.0. The molecule has 0 saturated heterocycles. The zero-order chi connectivity index (χ0) is 12.4. The van der Waals surface area contributed by atoms with E-state index >= 15 is 0 Å². The van der Waals surface area contributed by atoms with Crippen LogP contribution in [0.15, 0.2) is 0 Å². The molecule has 0 aromatic heterocycles. The van der Waals surface area contributed by atoms with Crippen LogP contribution in [0.4, 0.5) is 0 Å². The van der Waals surface area contributed by atoms with E-state index in [2.05, 4.69) is 11.5 Å². The van der Waals surface area contributed by atoms with Crippen molar-refractivity contribution < 1.29 is 19.2 Å². The average Bonchev–Trinajstić information content (AvgIpc) is 1.82. The molecule has 10 heteroatoms. The molecule has 0 aromatic rings. The van der Waals surface area contributed by atoms with E-state index in [1.54, 1.807) is 0 Å². The predicted molar refractivity (Wildman–Crippen MR) is 53.1 cm³/mol. The van der Waals surface area contributed by atoms with Crippen LogP contribution in [0.25, 0.3) is 0 Å². The number of nitrogens with two attached hydrogens (primary N) is 4. The second-order valence-electron chi connectivity index (χ2n) is 2.18. The van der Waals surface area contributed by atoms with E-state index in [0.717, 1.165) is 0 Å². The van der Waals surface area contributed by atoms with Gasteiger partial charge in [-0.15, -0.1) is 0 Å². The Bertz CT molecular complexity index is 168. The summed E-state index contributed by atoms with van der Waals surface area (Å²) in [6.07, 6.45) is 0. The molecule has 0 fully saturated rings. The summed E-state index contributed by atoms with van der Waals surface area (Å²) >= 11 is 0. The van der Waals surface area contributed by atoms with E-state index in [1.165, 1.54) is 0 Å². The Balaban J connectivity index is -0.000000131. The van der Waals surface area contributed by atoms with Gasteiger partial charge in [0.1, 0.15) is 0 Å². The summed E-state index contributed by atoms with van der Waals surface area (Å²) in [4.78, 5) is 21.6. The van der Waals surface area contributed by atoms with Crippen LogP contribution in [-0.2, 0) is 4.57 Å². The molecule has 12 N–H and O–H groups in total. The molecule has 14 heavy (non-hydrogen) atoms. The van der Waals surface area contributed by atoms with Crippen LogP contribution >= 0.6 is 7.82 Å². The molecule has 0 bridgehead atoms. The predicted octanol–water partition coefficient (Wildman–Crippen LogP) is -2.80. The second kappa shape index (κ2) is 10.4. The summed E-state index contributed by atoms with van der Waals surface area (Å²) in [5.41, 5.74) is 19.2. The lowest BCUT2D eigenvalue weighted by molar-refractivity contribution is 0.275. The van der Waals surface area contributed by atoms with Crippen LogP contribution in [0.2, 0.25) is 0 Å². The maximum Gasteiger partial charge on any atom is 0.466 e. The van der Waals surface area contributed by atoms with E-state index in [4.69, 9.17) is 36.1 Å². The Morgan fingerprint density at radius 1 is 1.43 bits per heavy atom. The minimum absolute atomic E-state index is 0.162. The third-order valence-corrected chi connectivity index (χ3v) is 0.372. The van der Waals surface area contributed by atoms with E-state index < -0.39 is 7.82 Å². The Morgan fingerprint density at radius 2 is 1.50 bits per heavy atom. The van der Waals surface area contributed by atoms with Gasteiger partial charge in [0, 0.05) is 12.6 Å². The molecule has 1 unspecified atom stereocenters. The number of phosphoric acid groups is 1. The minimum atomic E-state index is -4.64. The Morgan fingerprint density at radius 3 is 1.50 bits per heavy atom. The summed E-state index contributed by atoms with van der Waals surface area (Å²) in [5.74, 6) is -0.333. The summed E-state index contributed by atoms with van der Waals surface area (Å²) in [6.45, 7) is 2.46. The molecule has 0 radical (unpaired) electrons. The van der Waals surface area contributed by atoms with Gasteiger partial charge in [-0.2, -0.15) is 0 Å². The number of hydrogen-bond donors (Lipinski definition) is 8. The molecule has 88 valence electrons.